The van der Waals surface area contributed by atoms with Crippen LogP contribution in [-0.4, -0.2) is 58.3 Å². The molecule has 3 atom stereocenters. The van der Waals surface area contributed by atoms with Crippen LogP contribution in [-0.2, 0) is 10.0 Å². The van der Waals surface area contributed by atoms with Crippen LogP contribution >= 0.6 is 0 Å². The van der Waals surface area contributed by atoms with E-state index in [2.05, 4.69) is 11.0 Å². The zero-order valence-corrected chi connectivity index (χ0v) is 20.9. The van der Waals surface area contributed by atoms with Gasteiger partial charge in [0.15, 0.2) is 0 Å². The topological polar surface area (TPSA) is 79.3 Å². The molecule has 1 saturated heterocycles. The smallest absolute Gasteiger partial charge is 0.243 e. The van der Waals surface area contributed by atoms with E-state index in [1.165, 1.54) is 0 Å². The summed E-state index contributed by atoms with van der Waals surface area (Å²) < 4.78 is 39.7. The van der Waals surface area contributed by atoms with Crippen molar-refractivity contribution in [3.63, 3.8) is 0 Å². The molecule has 0 unspecified atom stereocenters. The van der Waals surface area contributed by atoms with Crippen LogP contribution in [0.4, 0.5) is 5.69 Å². The molecule has 0 spiro atoms. The van der Waals surface area contributed by atoms with E-state index < -0.39 is 10.0 Å². The second-order valence-electron chi connectivity index (χ2n) is 9.05. The Kier molecular flexibility index (Phi) is 6.21. The summed E-state index contributed by atoms with van der Waals surface area (Å²) >= 11 is 0. The summed E-state index contributed by atoms with van der Waals surface area (Å²) in [7, 11) is 1.42. The fourth-order valence-corrected chi connectivity index (χ4v) is 7.19. The highest BCUT2D eigenvalue weighted by molar-refractivity contribution is 7.89. The zero-order chi connectivity index (χ0) is 24.7. The first-order valence-corrected chi connectivity index (χ1v) is 13.1. The third-order valence-electron chi connectivity index (χ3n) is 7.39. The molecule has 2 aliphatic rings. The van der Waals surface area contributed by atoms with Gasteiger partial charge in [-0.2, -0.15) is 4.31 Å². The van der Waals surface area contributed by atoms with Crippen molar-refractivity contribution in [1.82, 2.24) is 4.31 Å². The summed E-state index contributed by atoms with van der Waals surface area (Å²) in [6.45, 7) is 0.369. The van der Waals surface area contributed by atoms with Gasteiger partial charge in [-0.1, -0.05) is 18.2 Å². The molecule has 3 aromatic carbocycles. The van der Waals surface area contributed by atoms with Crippen molar-refractivity contribution in [2.75, 3.05) is 39.3 Å². The standard InChI is InChI=1S/C27H30N2O5S/c1-28-25-13-6-19(18-4-7-20(33-2)8-5-18)16-24(25)27-23(26(28)17-30)14-15-29(27)35(31,32)22-11-9-21(34-3)10-12-22/h4-13,16,23,26-27,30H,14-15,17H2,1-3H3/t23-,26+,27-/m0/s1. The Labute approximate surface area is 206 Å². The Morgan fingerprint density at radius 3 is 2.11 bits per heavy atom. The Balaban J connectivity index is 1.60. The number of likely N-dealkylation sites (N-methyl/N-ethyl adjacent to an activating group) is 1. The Hall–Kier alpha value is -3.07. The van der Waals surface area contributed by atoms with Crippen molar-refractivity contribution in [1.29, 1.82) is 0 Å². The first-order chi connectivity index (χ1) is 16.9. The van der Waals surface area contributed by atoms with Crippen LogP contribution in [0.5, 0.6) is 11.5 Å². The lowest BCUT2D eigenvalue weighted by Gasteiger charge is -2.44. The number of aliphatic hydroxyl groups is 1. The third-order valence-corrected chi connectivity index (χ3v) is 9.29. The highest BCUT2D eigenvalue weighted by atomic mass is 32.2. The summed E-state index contributed by atoms with van der Waals surface area (Å²) in [6.07, 6.45) is 0.682. The lowest BCUT2D eigenvalue weighted by Crippen LogP contribution is -2.48. The number of anilines is 1. The molecule has 2 heterocycles. The van der Waals surface area contributed by atoms with Gasteiger partial charge < -0.3 is 19.5 Å². The number of hydrogen-bond donors (Lipinski definition) is 1. The van der Waals surface area contributed by atoms with Gasteiger partial charge in [0, 0.05) is 25.2 Å². The molecule has 0 radical (unpaired) electrons. The van der Waals surface area contributed by atoms with E-state index in [9.17, 15) is 13.5 Å². The summed E-state index contributed by atoms with van der Waals surface area (Å²) in [4.78, 5) is 2.34. The van der Waals surface area contributed by atoms with Gasteiger partial charge in [0.1, 0.15) is 11.5 Å². The summed E-state index contributed by atoms with van der Waals surface area (Å²) in [5.41, 5.74) is 3.94. The minimum absolute atomic E-state index is 0.0170. The summed E-state index contributed by atoms with van der Waals surface area (Å²) in [6, 6.07) is 20.0. The fourth-order valence-electron chi connectivity index (χ4n) is 5.53. The maximum atomic E-state index is 13.8. The van der Waals surface area contributed by atoms with E-state index in [0.29, 0.717) is 18.7 Å². The number of aliphatic hydroxyl groups excluding tert-OH is 1. The average Bonchev–Trinajstić information content (AvgIpc) is 3.35. The predicted molar refractivity (Wildman–Crippen MR) is 135 cm³/mol. The van der Waals surface area contributed by atoms with E-state index in [1.807, 2.05) is 43.4 Å². The highest BCUT2D eigenvalue weighted by Gasteiger charge is 2.50. The number of sulfonamides is 1. The predicted octanol–water partition coefficient (Wildman–Crippen LogP) is 3.93. The minimum Gasteiger partial charge on any atom is -0.497 e. The molecule has 184 valence electrons. The minimum atomic E-state index is -3.75. The number of nitrogens with zero attached hydrogens (tertiary/aromatic N) is 2. The largest absolute Gasteiger partial charge is 0.497 e. The van der Waals surface area contributed by atoms with Crippen LogP contribution in [0.2, 0.25) is 0 Å². The highest BCUT2D eigenvalue weighted by Crippen LogP contribution is 2.51. The van der Waals surface area contributed by atoms with Crippen molar-refractivity contribution >= 4 is 15.7 Å². The first-order valence-electron chi connectivity index (χ1n) is 11.7. The molecule has 35 heavy (non-hydrogen) atoms. The first kappa shape index (κ1) is 23.7. The van der Waals surface area contributed by atoms with Gasteiger partial charge in [0.05, 0.1) is 37.8 Å². The van der Waals surface area contributed by atoms with Crippen LogP contribution < -0.4 is 14.4 Å². The molecular formula is C27H30N2O5S. The van der Waals surface area contributed by atoms with Gasteiger partial charge in [-0.15, -0.1) is 0 Å². The quantitative estimate of drug-likeness (QED) is 0.559. The third kappa shape index (κ3) is 3.95. The maximum absolute atomic E-state index is 13.8. The number of benzene rings is 3. The lowest BCUT2D eigenvalue weighted by atomic mass is 9.81. The molecule has 3 aromatic rings. The van der Waals surface area contributed by atoms with Crippen LogP contribution in [0.25, 0.3) is 11.1 Å². The Morgan fingerprint density at radius 1 is 0.914 bits per heavy atom. The SMILES string of the molecule is COc1ccc(-c2ccc3c(c2)[C@@H]2[C@@H](CCN2S(=O)(=O)c2ccc(OC)cc2)[C@@H](CO)N3C)cc1. The van der Waals surface area contributed by atoms with Gasteiger partial charge in [-0.25, -0.2) is 8.42 Å². The molecule has 0 aliphatic carbocycles. The van der Waals surface area contributed by atoms with E-state index in [4.69, 9.17) is 9.47 Å². The van der Waals surface area contributed by atoms with Gasteiger partial charge in [-0.3, -0.25) is 0 Å². The van der Waals surface area contributed by atoms with Gasteiger partial charge in [0.25, 0.3) is 0 Å². The molecular weight excluding hydrogens is 464 g/mol. The van der Waals surface area contributed by atoms with Gasteiger partial charge >= 0.3 is 0 Å². The van der Waals surface area contributed by atoms with Crippen molar-refractivity contribution in [2.24, 2.45) is 5.92 Å². The molecule has 8 heteroatoms. The second kappa shape index (κ2) is 9.18. The normalized spacial score (nSPS) is 21.9. The zero-order valence-electron chi connectivity index (χ0n) is 20.1. The van der Waals surface area contributed by atoms with E-state index >= 15 is 0 Å². The van der Waals surface area contributed by atoms with E-state index in [-0.39, 0.29) is 29.5 Å². The fraction of sp³-hybridized carbons (Fsp3) is 0.333. The molecule has 1 fully saturated rings. The number of methoxy groups -OCH3 is 2. The lowest BCUT2D eigenvalue weighted by molar-refractivity contribution is 0.193. The second-order valence-corrected chi connectivity index (χ2v) is 10.9. The number of hydrogen-bond acceptors (Lipinski definition) is 6. The summed E-state index contributed by atoms with van der Waals surface area (Å²) in [5, 5.41) is 10.2. The number of ether oxygens (including phenoxy) is 2. The number of rotatable bonds is 6. The monoisotopic (exact) mass is 494 g/mol. The Bertz CT molecular complexity index is 1310. The van der Waals surface area contributed by atoms with Crippen LogP contribution in [0.1, 0.15) is 18.0 Å². The van der Waals surface area contributed by atoms with Crippen LogP contribution in [0.15, 0.2) is 71.6 Å². The molecule has 5 rings (SSSR count). The van der Waals surface area contributed by atoms with Crippen LogP contribution in [0, 0.1) is 5.92 Å². The summed E-state index contributed by atoms with van der Waals surface area (Å²) in [5.74, 6) is 1.37. The van der Waals surface area contributed by atoms with Crippen molar-refractivity contribution in [3.8, 4) is 22.6 Å². The molecule has 0 aromatic heterocycles. The van der Waals surface area contributed by atoms with Crippen molar-refractivity contribution < 1.29 is 23.0 Å². The Morgan fingerprint density at radius 2 is 1.51 bits per heavy atom. The van der Waals surface area contributed by atoms with Crippen LogP contribution in [0.3, 0.4) is 0 Å². The molecule has 0 saturated carbocycles. The van der Waals surface area contributed by atoms with Crippen molar-refractivity contribution in [3.05, 3.63) is 72.3 Å². The van der Waals surface area contributed by atoms with Crippen molar-refractivity contribution in [2.45, 2.75) is 23.4 Å². The van der Waals surface area contributed by atoms with Gasteiger partial charge in [0.2, 0.25) is 10.0 Å². The average molecular weight is 495 g/mol. The maximum Gasteiger partial charge on any atom is 0.243 e. The van der Waals surface area contributed by atoms with Gasteiger partial charge in [-0.05, 0) is 71.6 Å². The molecule has 0 amide bonds. The molecule has 1 N–H and O–H groups in total. The van der Waals surface area contributed by atoms with E-state index in [1.54, 1.807) is 42.8 Å². The van der Waals surface area contributed by atoms with E-state index in [0.717, 1.165) is 28.1 Å². The molecule has 0 bridgehead atoms. The number of fused-ring (bicyclic) bond motifs is 3. The molecule has 7 nitrogen and oxygen atoms in total. The molecule has 2 aliphatic heterocycles.